The quantitative estimate of drug-likeness (QED) is 0.778. The average Bonchev–Trinajstić information content (AvgIpc) is 2.66. The molecule has 1 N–H and O–H groups in total. The van der Waals surface area contributed by atoms with Crippen LogP contribution in [0.4, 0.5) is 0 Å². The normalized spacial score (nSPS) is 16.5. The van der Waals surface area contributed by atoms with Crippen LogP contribution in [-0.2, 0) is 15.0 Å². The number of benzene rings is 1. The van der Waals surface area contributed by atoms with Crippen LogP contribution in [0.1, 0.15) is 46.6 Å². The molecular formula is C22H35N3O3. The van der Waals surface area contributed by atoms with Crippen LogP contribution >= 0.6 is 0 Å². The molecular weight excluding hydrogens is 354 g/mol. The Labute approximate surface area is 169 Å². The van der Waals surface area contributed by atoms with Gasteiger partial charge in [-0.2, -0.15) is 0 Å². The predicted octanol–water partition coefficient (Wildman–Crippen LogP) is 2.42. The minimum absolute atomic E-state index is 0.0106. The van der Waals surface area contributed by atoms with Crippen LogP contribution in [0.2, 0.25) is 0 Å². The molecule has 1 saturated heterocycles. The summed E-state index contributed by atoms with van der Waals surface area (Å²) in [6.07, 6.45) is 0.924. The van der Waals surface area contributed by atoms with Crippen LogP contribution in [0, 0.1) is 0 Å². The van der Waals surface area contributed by atoms with Crippen molar-refractivity contribution in [2.45, 2.75) is 52.5 Å². The molecule has 0 saturated carbocycles. The number of hydrogen-bond donors (Lipinski definition) is 1. The van der Waals surface area contributed by atoms with Gasteiger partial charge in [-0.15, -0.1) is 0 Å². The van der Waals surface area contributed by atoms with Crippen LogP contribution in [-0.4, -0.2) is 67.0 Å². The second kappa shape index (κ2) is 9.92. The molecule has 28 heavy (non-hydrogen) atoms. The number of carbonyl (C=O) groups is 2. The van der Waals surface area contributed by atoms with Gasteiger partial charge in [0.15, 0.2) is 6.61 Å². The van der Waals surface area contributed by atoms with E-state index in [-0.39, 0.29) is 29.9 Å². The summed E-state index contributed by atoms with van der Waals surface area (Å²) in [5, 5.41) is 2.98. The first kappa shape index (κ1) is 22.2. The van der Waals surface area contributed by atoms with E-state index in [1.54, 1.807) is 0 Å². The van der Waals surface area contributed by atoms with Gasteiger partial charge in [-0.05, 0) is 36.5 Å². The molecule has 6 nitrogen and oxygen atoms in total. The third-order valence-corrected chi connectivity index (χ3v) is 5.19. The van der Waals surface area contributed by atoms with Gasteiger partial charge in [-0.1, -0.05) is 39.8 Å². The SMILES string of the molecule is CCC(C)NC(=O)CN1CCN(C(=O)COc2ccc(C(C)(C)C)cc2)CC1. The number of nitrogens with zero attached hydrogens (tertiary/aromatic N) is 2. The van der Waals surface area contributed by atoms with Crippen molar-refractivity contribution in [2.75, 3.05) is 39.3 Å². The zero-order valence-corrected chi connectivity index (χ0v) is 18.0. The number of rotatable bonds is 7. The molecule has 1 fully saturated rings. The van der Waals surface area contributed by atoms with Gasteiger partial charge in [-0.3, -0.25) is 14.5 Å². The molecule has 156 valence electrons. The number of amides is 2. The van der Waals surface area contributed by atoms with E-state index >= 15 is 0 Å². The molecule has 1 aromatic rings. The van der Waals surface area contributed by atoms with Crippen molar-refractivity contribution < 1.29 is 14.3 Å². The first-order valence-electron chi connectivity index (χ1n) is 10.2. The Morgan fingerprint density at radius 1 is 1.11 bits per heavy atom. The number of piperazine rings is 1. The second-order valence-corrected chi connectivity index (χ2v) is 8.60. The van der Waals surface area contributed by atoms with Gasteiger partial charge in [0.05, 0.1) is 6.54 Å². The zero-order chi connectivity index (χ0) is 20.7. The van der Waals surface area contributed by atoms with Crippen LogP contribution in [0.5, 0.6) is 5.75 Å². The summed E-state index contributed by atoms with van der Waals surface area (Å²) in [7, 11) is 0. The summed E-state index contributed by atoms with van der Waals surface area (Å²) in [5.74, 6) is 0.751. The fourth-order valence-electron chi connectivity index (χ4n) is 3.07. The molecule has 0 aromatic heterocycles. The molecule has 0 spiro atoms. The Bertz CT molecular complexity index is 644. The van der Waals surface area contributed by atoms with Gasteiger partial charge in [0, 0.05) is 32.2 Å². The van der Waals surface area contributed by atoms with E-state index in [0.717, 1.165) is 6.42 Å². The van der Waals surface area contributed by atoms with Crippen molar-refractivity contribution in [3.8, 4) is 5.75 Å². The Balaban J connectivity index is 1.72. The van der Waals surface area contributed by atoms with Crippen LogP contribution < -0.4 is 10.1 Å². The monoisotopic (exact) mass is 389 g/mol. The first-order valence-corrected chi connectivity index (χ1v) is 10.2. The maximum Gasteiger partial charge on any atom is 0.260 e. The summed E-state index contributed by atoms with van der Waals surface area (Å²) < 4.78 is 5.67. The molecule has 2 rings (SSSR count). The fraction of sp³-hybridized carbons (Fsp3) is 0.636. The van der Waals surface area contributed by atoms with E-state index in [9.17, 15) is 9.59 Å². The Morgan fingerprint density at radius 2 is 1.71 bits per heavy atom. The average molecular weight is 390 g/mol. The molecule has 0 aliphatic carbocycles. The van der Waals surface area contributed by atoms with E-state index in [4.69, 9.17) is 4.74 Å². The minimum Gasteiger partial charge on any atom is -0.484 e. The highest BCUT2D eigenvalue weighted by atomic mass is 16.5. The zero-order valence-electron chi connectivity index (χ0n) is 18.0. The molecule has 6 heteroatoms. The first-order chi connectivity index (χ1) is 13.2. The lowest BCUT2D eigenvalue weighted by Crippen LogP contribution is -2.52. The molecule has 1 aliphatic rings. The molecule has 1 heterocycles. The van der Waals surface area contributed by atoms with E-state index in [1.807, 2.05) is 36.1 Å². The van der Waals surface area contributed by atoms with Gasteiger partial charge in [0.2, 0.25) is 5.91 Å². The highest BCUT2D eigenvalue weighted by Gasteiger charge is 2.23. The molecule has 1 unspecified atom stereocenters. The highest BCUT2D eigenvalue weighted by Crippen LogP contribution is 2.24. The summed E-state index contributed by atoms with van der Waals surface area (Å²) in [4.78, 5) is 28.3. The lowest BCUT2D eigenvalue weighted by Gasteiger charge is -2.34. The second-order valence-electron chi connectivity index (χ2n) is 8.60. The smallest absolute Gasteiger partial charge is 0.260 e. The van der Waals surface area contributed by atoms with Crippen molar-refractivity contribution in [3.05, 3.63) is 29.8 Å². The lowest BCUT2D eigenvalue weighted by molar-refractivity contribution is -0.135. The van der Waals surface area contributed by atoms with Gasteiger partial charge in [0.1, 0.15) is 5.75 Å². The van der Waals surface area contributed by atoms with Gasteiger partial charge < -0.3 is 15.0 Å². The van der Waals surface area contributed by atoms with E-state index in [2.05, 4.69) is 37.9 Å². The fourth-order valence-corrected chi connectivity index (χ4v) is 3.07. The third-order valence-electron chi connectivity index (χ3n) is 5.19. The van der Waals surface area contributed by atoms with Gasteiger partial charge in [-0.25, -0.2) is 0 Å². The number of ether oxygens (including phenoxy) is 1. The summed E-state index contributed by atoms with van der Waals surface area (Å²) in [6, 6.07) is 8.13. The summed E-state index contributed by atoms with van der Waals surface area (Å²) in [6.45, 7) is 13.7. The standard InChI is InChI=1S/C22H35N3O3/c1-6-17(2)23-20(26)15-24-11-13-25(14-12-24)21(27)16-28-19-9-7-18(8-10-19)22(3,4)5/h7-10,17H,6,11-16H2,1-5H3,(H,23,26). The van der Waals surface area contributed by atoms with Crippen LogP contribution in [0.25, 0.3) is 0 Å². The van der Waals surface area contributed by atoms with E-state index < -0.39 is 0 Å². The maximum absolute atomic E-state index is 12.4. The van der Waals surface area contributed by atoms with Crippen LogP contribution in [0.15, 0.2) is 24.3 Å². The Kier molecular flexibility index (Phi) is 7.87. The van der Waals surface area contributed by atoms with Gasteiger partial charge >= 0.3 is 0 Å². The molecule has 1 aromatic carbocycles. The van der Waals surface area contributed by atoms with Crippen molar-refractivity contribution in [2.24, 2.45) is 0 Å². The Hall–Kier alpha value is -2.08. The minimum atomic E-state index is -0.0106. The van der Waals surface area contributed by atoms with Crippen molar-refractivity contribution in [1.29, 1.82) is 0 Å². The van der Waals surface area contributed by atoms with E-state index in [1.165, 1.54) is 5.56 Å². The lowest BCUT2D eigenvalue weighted by atomic mass is 9.87. The van der Waals surface area contributed by atoms with Crippen molar-refractivity contribution >= 4 is 11.8 Å². The summed E-state index contributed by atoms with van der Waals surface area (Å²) >= 11 is 0. The van der Waals surface area contributed by atoms with E-state index in [0.29, 0.717) is 38.5 Å². The maximum atomic E-state index is 12.4. The van der Waals surface area contributed by atoms with Gasteiger partial charge in [0.25, 0.3) is 5.91 Å². The summed E-state index contributed by atoms with van der Waals surface area (Å²) in [5.41, 5.74) is 1.33. The molecule has 2 amide bonds. The van der Waals surface area contributed by atoms with Crippen molar-refractivity contribution in [3.63, 3.8) is 0 Å². The molecule has 0 bridgehead atoms. The third kappa shape index (κ3) is 6.82. The highest BCUT2D eigenvalue weighted by molar-refractivity contribution is 5.79. The topological polar surface area (TPSA) is 61.9 Å². The van der Waals surface area contributed by atoms with Crippen LogP contribution in [0.3, 0.4) is 0 Å². The number of carbonyl (C=O) groups excluding carboxylic acids is 2. The molecule has 1 aliphatic heterocycles. The number of nitrogens with one attached hydrogen (secondary N) is 1. The number of hydrogen-bond acceptors (Lipinski definition) is 4. The van der Waals surface area contributed by atoms with Crippen molar-refractivity contribution in [1.82, 2.24) is 15.1 Å². The largest absolute Gasteiger partial charge is 0.484 e. The molecule has 1 atom stereocenters. The predicted molar refractivity (Wildman–Crippen MR) is 112 cm³/mol. The molecule has 0 radical (unpaired) electrons. The Morgan fingerprint density at radius 3 is 2.25 bits per heavy atom.